The first-order valence-electron chi connectivity index (χ1n) is 10.0. The number of aromatic nitrogens is 2. The van der Waals surface area contributed by atoms with E-state index in [4.69, 9.17) is 0 Å². The van der Waals surface area contributed by atoms with Gasteiger partial charge in [0.05, 0.1) is 11.3 Å². The quantitative estimate of drug-likeness (QED) is 0.569. The summed E-state index contributed by atoms with van der Waals surface area (Å²) in [5, 5.41) is 6.53. The van der Waals surface area contributed by atoms with Gasteiger partial charge in [-0.25, -0.2) is 9.37 Å². The second-order valence-corrected chi connectivity index (χ2v) is 8.68. The predicted molar refractivity (Wildman–Crippen MR) is 117 cm³/mol. The lowest BCUT2D eigenvalue weighted by Crippen LogP contribution is -2.29. The number of rotatable bonds is 4. The number of halogens is 1. The Morgan fingerprint density at radius 1 is 0.933 bits per heavy atom. The van der Waals surface area contributed by atoms with E-state index >= 15 is 0 Å². The fraction of sp³-hybridized carbons (Fsp3) is 0.292. The van der Waals surface area contributed by atoms with E-state index in [1.165, 1.54) is 12.1 Å². The molecule has 154 valence electrons. The molecule has 2 aromatic carbocycles. The topological polar surface area (TPSA) is 66.9 Å². The van der Waals surface area contributed by atoms with Crippen LogP contribution in [0.15, 0.2) is 42.5 Å². The molecular formula is C24H25FN4O. The summed E-state index contributed by atoms with van der Waals surface area (Å²) < 4.78 is 13.3. The highest BCUT2D eigenvalue weighted by Crippen LogP contribution is 2.38. The van der Waals surface area contributed by atoms with Crippen LogP contribution in [-0.2, 0) is 6.42 Å². The van der Waals surface area contributed by atoms with E-state index in [1.807, 2.05) is 32.0 Å². The van der Waals surface area contributed by atoms with Crippen molar-refractivity contribution in [1.82, 2.24) is 9.97 Å². The average Bonchev–Trinajstić information content (AvgIpc) is 2.65. The maximum Gasteiger partial charge on any atom is 0.229 e. The van der Waals surface area contributed by atoms with E-state index < -0.39 is 0 Å². The maximum absolute atomic E-state index is 13.3. The summed E-state index contributed by atoms with van der Waals surface area (Å²) in [4.78, 5) is 22.3. The van der Waals surface area contributed by atoms with Gasteiger partial charge in [0.15, 0.2) is 5.78 Å². The van der Waals surface area contributed by atoms with Crippen LogP contribution < -0.4 is 10.6 Å². The molecule has 3 aromatic rings. The summed E-state index contributed by atoms with van der Waals surface area (Å²) >= 11 is 0. The Morgan fingerprint density at radius 3 is 2.27 bits per heavy atom. The molecule has 0 fully saturated rings. The van der Waals surface area contributed by atoms with Crippen molar-refractivity contribution in [3.05, 3.63) is 70.7 Å². The molecule has 4 rings (SSSR count). The van der Waals surface area contributed by atoms with Gasteiger partial charge in [-0.05, 0) is 61.1 Å². The van der Waals surface area contributed by atoms with Crippen molar-refractivity contribution in [3.63, 3.8) is 0 Å². The van der Waals surface area contributed by atoms with Crippen molar-refractivity contribution in [3.8, 4) is 0 Å². The van der Waals surface area contributed by atoms with Gasteiger partial charge >= 0.3 is 0 Å². The fourth-order valence-corrected chi connectivity index (χ4v) is 3.91. The molecule has 30 heavy (non-hydrogen) atoms. The zero-order valence-corrected chi connectivity index (χ0v) is 17.6. The third kappa shape index (κ3) is 4.03. The summed E-state index contributed by atoms with van der Waals surface area (Å²) in [6.45, 7) is 8.18. The number of nitrogens with zero attached hydrogens (tertiary/aromatic N) is 2. The number of nitrogens with one attached hydrogen (secondary N) is 2. The minimum atomic E-state index is -0.309. The van der Waals surface area contributed by atoms with Crippen LogP contribution in [0.2, 0.25) is 0 Å². The number of para-hydroxylation sites is 1. The molecule has 0 unspecified atom stereocenters. The number of anilines is 4. The van der Waals surface area contributed by atoms with Crippen LogP contribution in [0.1, 0.15) is 47.4 Å². The van der Waals surface area contributed by atoms with Crippen molar-refractivity contribution in [2.75, 3.05) is 10.6 Å². The Kier molecular flexibility index (Phi) is 5.02. The Balaban J connectivity index is 1.80. The van der Waals surface area contributed by atoms with E-state index in [-0.39, 0.29) is 17.0 Å². The summed E-state index contributed by atoms with van der Waals surface area (Å²) in [6.07, 6.45) is 1.13. The number of ketones is 1. The average molecular weight is 404 g/mol. The summed E-state index contributed by atoms with van der Waals surface area (Å²) in [6, 6.07) is 12.1. The van der Waals surface area contributed by atoms with Crippen LogP contribution in [0.25, 0.3) is 0 Å². The molecule has 1 heterocycles. The lowest BCUT2D eigenvalue weighted by atomic mass is 9.75. The molecule has 0 amide bonds. The number of Topliss-reactive ketones (excluding diaryl/α,β-unsaturated/α-hetero) is 1. The van der Waals surface area contributed by atoms with Gasteiger partial charge in [-0.15, -0.1) is 0 Å². The number of hydrogen-bond acceptors (Lipinski definition) is 5. The van der Waals surface area contributed by atoms with Crippen LogP contribution in [0.5, 0.6) is 0 Å². The second kappa shape index (κ2) is 7.52. The van der Waals surface area contributed by atoms with Gasteiger partial charge in [-0.1, -0.05) is 32.0 Å². The highest BCUT2D eigenvalue weighted by molar-refractivity contribution is 6.03. The molecular weight excluding hydrogens is 379 g/mol. The normalized spacial score (nSPS) is 14.9. The molecule has 0 spiro atoms. The number of carbonyl (C=O) groups excluding carboxylic acids is 1. The second-order valence-electron chi connectivity index (χ2n) is 8.68. The highest BCUT2D eigenvalue weighted by atomic mass is 19.1. The molecule has 0 aliphatic heterocycles. The van der Waals surface area contributed by atoms with E-state index in [2.05, 4.69) is 34.4 Å². The van der Waals surface area contributed by atoms with Crippen molar-refractivity contribution >= 4 is 28.9 Å². The molecule has 6 heteroatoms. The Labute approximate surface area is 175 Å². The first kappa shape index (κ1) is 20.0. The number of benzene rings is 2. The van der Waals surface area contributed by atoms with Crippen LogP contribution >= 0.6 is 0 Å². The third-order valence-electron chi connectivity index (χ3n) is 5.37. The molecule has 0 saturated carbocycles. The van der Waals surface area contributed by atoms with Crippen LogP contribution in [0, 0.1) is 25.1 Å². The maximum atomic E-state index is 13.3. The number of fused-ring (bicyclic) bond motifs is 1. The van der Waals surface area contributed by atoms with Crippen LogP contribution in [0.3, 0.4) is 0 Å². The summed E-state index contributed by atoms with van der Waals surface area (Å²) in [7, 11) is 0. The fourth-order valence-electron chi connectivity index (χ4n) is 3.91. The van der Waals surface area contributed by atoms with Crippen LogP contribution in [0.4, 0.5) is 27.5 Å². The standard InChI is InChI=1S/C24H25FN4O/c1-14-6-5-7-15(2)21(14)28-22-20-18(12-24(3,4)13-19(20)30)27-23(29-22)26-17-10-8-16(25)9-11-17/h5-11H,12-13H2,1-4H3,(H2,26,27,28,29). The minimum Gasteiger partial charge on any atom is -0.339 e. The molecule has 1 aliphatic rings. The van der Waals surface area contributed by atoms with Crippen molar-refractivity contribution in [1.29, 1.82) is 0 Å². The largest absolute Gasteiger partial charge is 0.339 e. The first-order valence-corrected chi connectivity index (χ1v) is 10.0. The SMILES string of the molecule is Cc1cccc(C)c1Nc1nc(Nc2ccc(F)cc2)nc2c1C(=O)CC(C)(C)C2. The summed E-state index contributed by atoms with van der Waals surface area (Å²) in [5.41, 5.74) is 4.87. The highest BCUT2D eigenvalue weighted by Gasteiger charge is 2.35. The van der Waals surface area contributed by atoms with Gasteiger partial charge in [0.25, 0.3) is 0 Å². The van der Waals surface area contributed by atoms with Gasteiger partial charge in [0.2, 0.25) is 5.95 Å². The number of aryl methyl sites for hydroxylation is 2. The van der Waals surface area contributed by atoms with Gasteiger partial charge in [-0.2, -0.15) is 4.98 Å². The monoisotopic (exact) mass is 404 g/mol. The van der Waals surface area contributed by atoms with Gasteiger partial charge in [-0.3, -0.25) is 4.79 Å². The number of carbonyl (C=O) groups is 1. The lowest BCUT2D eigenvalue weighted by Gasteiger charge is -2.30. The number of hydrogen-bond donors (Lipinski definition) is 2. The zero-order chi connectivity index (χ0) is 21.5. The molecule has 0 bridgehead atoms. The smallest absolute Gasteiger partial charge is 0.229 e. The van der Waals surface area contributed by atoms with Crippen LogP contribution in [-0.4, -0.2) is 15.8 Å². The van der Waals surface area contributed by atoms with Crippen molar-refractivity contribution in [2.24, 2.45) is 5.41 Å². The Bertz CT molecular complexity index is 1100. The van der Waals surface area contributed by atoms with E-state index in [0.717, 1.165) is 22.5 Å². The zero-order valence-electron chi connectivity index (χ0n) is 17.6. The first-order chi connectivity index (χ1) is 14.2. The van der Waals surface area contributed by atoms with E-state index in [1.54, 1.807) is 12.1 Å². The third-order valence-corrected chi connectivity index (χ3v) is 5.37. The van der Waals surface area contributed by atoms with E-state index in [9.17, 15) is 9.18 Å². The van der Waals surface area contributed by atoms with Crippen molar-refractivity contribution < 1.29 is 9.18 Å². The van der Waals surface area contributed by atoms with E-state index in [0.29, 0.717) is 35.9 Å². The summed E-state index contributed by atoms with van der Waals surface area (Å²) in [5.74, 6) is 0.613. The minimum absolute atomic E-state index is 0.0447. The Morgan fingerprint density at radius 2 is 1.60 bits per heavy atom. The molecule has 0 atom stereocenters. The van der Waals surface area contributed by atoms with Gasteiger partial charge < -0.3 is 10.6 Å². The molecule has 0 saturated heterocycles. The lowest BCUT2D eigenvalue weighted by molar-refractivity contribution is 0.0911. The van der Waals surface area contributed by atoms with Gasteiger partial charge in [0, 0.05) is 17.8 Å². The molecule has 1 aliphatic carbocycles. The van der Waals surface area contributed by atoms with Crippen molar-refractivity contribution in [2.45, 2.75) is 40.5 Å². The predicted octanol–water partition coefficient (Wildman–Crippen LogP) is 5.87. The molecule has 0 radical (unpaired) electrons. The Hall–Kier alpha value is -3.28. The molecule has 1 aromatic heterocycles. The molecule has 5 nitrogen and oxygen atoms in total. The van der Waals surface area contributed by atoms with Gasteiger partial charge in [0.1, 0.15) is 11.6 Å². The molecule has 2 N–H and O–H groups in total.